The van der Waals surface area contributed by atoms with Crippen molar-refractivity contribution in [3.8, 4) is 0 Å². The van der Waals surface area contributed by atoms with Gasteiger partial charge in [0, 0.05) is 0 Å². The van der Waals surface area contributed by atoms with E-state index in [2.05, 4.69) is 6.58 Å². The lowest BCUT2D eigenvalue weighted by Gasteiger charge is -2.31. The first-order valence-corrected chi connectivity index (χ1v) is 7.32. The molecule has 0 aliphatic rings. The van der Waals surface area contributed by atoms with E-state index >= 15 is 0 Å². The van der Waals surface area contributed by atoms with Gasteiger partial charge in [-0.2, -0.15) is 0 Å². The van der Waals surface area contributed by atoms with Gasteiger partial charge in [-0.3, -0.25) is 0 Å². The smallest absolute Gasteiger partial charge is 0.141 e. The second-order valence-electron chi connectivity index (χ2n) is 5.23. The summed E-state index contributed by atoms with van der Waals surface area (Å²) in [6.07, 6.45) is 1.78. The molecule has 0 bridgehead atoms. The first-order chi connectivity index (χ1) is 10.8. The predicted octanol–water partition coefficient (Wildman–Crippen LogP) is 4.61. The second kappa shape index (κ2) is 6.00. The summed E-state index contributed by atoms with van der Waals surface area (Å²) in [4.78, 5) is 0. The van der Waals surface area contributed by atoms with Gasteiger partial charge in [-0.05, 0) is 22.3 Å². The summed E-state index contributed by atoms with van der Waals surface area (Å²) in [5.74, 6) is 0. The van der Waals surface area contributed by atoms with E-state index in [0.29, 0.717) is 0 Å². The fraction of sp³-hybridized carbons (Fsp3) is 0.0476. The monoisotopic (exact) mass is 286 g/mol. The fourth-order valence-electron chi connectivity index (χ4n) is 2.84. The van der Waals surface area contributed by atoms with Gasteiger partial charge in [0.05, 0.1) is 0 Å². The first kappa shape index (κ1) is 14.3. The van der Waals surface area contributed by atoms with Gasteiger partial charge in [-0.25, -0.2) is 0 Å². The SMILES string of the molecule is C=Cc1ccccc1C(O)(c1ccccc1)c1ccccc1. The fourth-order valence-corrected chi connectivity index (χ4v) is 2.84. The molecule has 0 saturated heterocycles. The molecule has 0 heterocycles. The van der Waals surface area contributed by atoms with E-state index in [1.54, 1.807) is 6.08 Å². The van der Waals surface area contributed by atoms with Gasteiger partial charge in [-0.15, -0.1) is 0 Å². The number of rotatable bonds is 4. The minimum atomic E-state index is -1.20. The molecule has 0 spiro atoms. The van der Waals surface area contributed by atoms with Gasteiger partial charge in [0.25, 0.3) is 0 Å². The third-order valence-electron chi connectivity index (χ3n) is 3.95. The largest absolute Gasteiger partial charge is 0.376 e. The Morgan fingerprint density at radius 2 is 1.14 bits per heavy atom. The maximum atomic E-state index is 11.7. The molecule has 1 nitrogen and oxygen atoms in total. The first-order valence-electron chi connectivity index (χ1n) is 7.32. The average Bonchev–Trinajstić information content (AvgIpc) is 2.62. The van der Waals surface area contributed by atoms with Crippen molar-refractivity contribution in [3.63, 3.8) is 0 Å². The number of hydrogen-bond donors (Lipinski definition) is 1. The van der Waals surface area contributed by atoms with Crippen LogP contribution in [0.3, 0.4) is 0 Å². The van der Waals surface area contributed by atoms with Crippen LogP contribution in [0, 0.1) is 0 Å². The van der Waals surface area contributed by atoms with E-state index in [9.17, 15) is 5.11 Å². The van der Waals surface area contributed by atoms with Crippen LogP contribution in [-0.2, 0) is 5.60 Å². The highest BCUT2D eigenvalue weighted by Gasteiger charge is 2.34. The lowest BCUT2D eigenvalue weighted by Crippen LogP contribution is -2.29. The van der Waals surface area contributed by atoms with Crippen LogP contribution in [0.4, 0.5) is 0 Å². The lowest BCUT2D eigenvalue weighted by molar-refractivity contribution is 0.125. The van der Waals surface area contributed by atoms with E-state index in [0.717, 1.165) is 22.3 Å². The predicted molar refractivity (Wildman–Crippen MR) is 91.5 cm³/mol. The topological polar surface area (TPSA) is 20.2 Å². The van der Waals surface area contributed by atoms with E-state index in [1.165, 1.54) is 0 Å². The molecule has 22 heavy (non-hydrogen) atoms. The van der Waals surface area contributed by atoms with Gasteiger partial charge in [0.2, 0.25) is 0 Å². The molecule has 0 saturated carbocycles. The minimum Gasteiger partial charge on any atom is -0.376 e. The molecule has 0 aliphatic heterocycles. The van der Waals surface area contributed by atoms with E-state index in [4.69, 9.17) is 0 Å². The molecule has 108 valence electrons. The molecular formula is C21H18O. The van der Waals surface area contributed by atoms with Crippen molar-refractivity contribution in [1.29, 1.82) is 0 Å². The molecule has 0 amide bonds. The molecule has 1 N–H and O–H groups in total. The minimum absolute atomic E-state index is 0.836. The Labute approximate surface area is 131 Å². The molecule has 1 heteroatoms. The Balaban J connectivity index is 2.31. The van der Waals surface area contributed by atoms with Crippen LogP contribution >= 0.6 is 0 Å². The van der Waals surface area contributed by atoms with E-state index < -0.39 is 5.60 Å². The summed E-state index contributed by atoms with van der Waals surface area (Å²) in [7, 11) is 0. The molecule has 3 rings (SSSR count). The summed E-state index contributed by atoms with van der Waals surface area (Å²) in [5.41, 5.74) is 2.25. The highest BCUT2D eigenvalue weighted by Crippen LogP contribution is 2.38. The molecule has 3 aromatic rings. The standard InChI is InChI=1S/C21H18O/c1-2-17-11-9-10-16-20(17)21(22,18-12-5-3-6-13-18)19-14-7-4-8-15-19/h2-16,22H,1H2. The summed E-state index contributed by atoms with van der Waals surface area (Å²) >= 11 is 0. The zero-order valence-electron chi connectivity index (χ0n) is 12.3. The Morgan fingerprint density at radius 1 is 0.682 bits per heavy atom. The quantitative estimate of drug-likeness (QED) is 0.694. The van der Waals surface area contributed by atoms with Crippen molar-refractivity contribution in [2.24, 2.45) is 0 Å². The maximum Gasteiger partial charge on any atom is 0.141 e. The van der Waals surface area contributed by atoms with Crippen LogP contribution in [0.25, 0.3) is 6.08 Å². The number of aliphatic hydroxyl groups is 1. The van der Waals surface area contributed by atoms with Crippen LogP contribution in [0.15, 0.2) is 91.5 Å². The lowest BCUT2D eigenvalue weighted by atomic mass is 9.78. The van der Waals surface area contributed by atoms with Crippen molar-refractivity contribution in [3.05, 3.63) is 114 Å². The zero-order chi connectivity index (χ0) is 15.4. The Bertz CT molecular complexity index is 721. The van der Waals surface area contributed by atoms with Gasteiger partial charge >= 0.3 is 0 Å². The third-order valence-corrected chi connectivity index (χ3v) is 3.95. The Morgan fingerprint density at radius 3 is 1.64 bits per heavy atom. The van der Waals surface area contributed by atoms with Gasteiger partial charge in [0.15, 0.2) is 0 Å². The van der Waals surface area contributed by atoms with Crippen LogP contribution in [0.5, 0.6) is 0 Å². The summed E-state index contributed by atoms with van der Waals surface area (Å²) in [6, 6.07) is 27.3. The molecule has 0 radical (unpaired) electrons. The average molecular weight is 286 g/mol. The molecule has 0 atom stereocenters. The van der Waals surface area contributed by atoms with E-state index in [1.807, 2.05) is 84.9 Å². The molecule has 3 aromatic carbocycles. The molecular weight excluding hydrogens is 268 g/mol. The van der Waals surface area contributed by atoms with Gasteiger partial charge < -0.3 is 5.11 Å². The normalized spacial score (nSPS) is 11.1. The second-order valence-corrected chi connectivity index (χ2v) is 5.23. The Hall–Kier alpha value is -2.64. The van der Waals surface area contributed by atoms with Crippen LogP contribution < -0.4 is 0 Å². The highest BCUT2D eigenvalue weighted by molar-refractivity contribution is 5.59. The van der Waals surface area contributed by atoms with Crippen molar-refractivity contribution >= 4 is 6.08 Å². The molecule has 0 aromatic heterocycles. The number of hydrogen-bond acceptors (Lipinski definition) is 1. The van der Waals surface area contributed by atoms with Gasteiger partial charge in [-0.1, -0.05) is 97.6 Å². The summed E-state index contributed by atoms with van der Waals surface area (Å²) in [6.45, 7) is 3.88. The third kappa shape index (κ3) is 2.36. The molecule has 0 unspecified atom stereocenters. The number of benzene rings is 3. The molecule has 0 fully saturated rings. The van der Waals surface area contributed by atoms with E-state index in [-0.39, 0.29) is 0 Å². The van der Waals surface area contributed by atoms with Crippen molar-refractivity contribution < 1.29 is 5.11 Å². The van der Waals surface area contributed by atoms with Crippen molar-refractivity contribution in [1.82, 2.24) is 0 Å². The van der Waals surface area contributed by atoms with Crippen molar-refractivity contribution in [2.45, 2.75) is 5.60 Å². The zero-order valence-corrected chi connectivity index (χ0v) is 12.3. The van der Waals surface area contributed by atoms with Crippen LogP contribution in [0.2, 0.25) is 0 Å². The maximum absolute atomic E-state index is 11.7. The van der Waals surface area contributed by atoms with Crippen LogP contribution in [0.1, 0.15) is 22.3 Å². The van der Waals surface area contributed by atoms with Crippen LogP contribution in [-0.4, -0.2) is 5.11 Å². The Kier molecular flexibility index (Phi) is 3.90. The highest BCUT2D eigenvalue weighted by atomic mass is 16.3. The summed E-state index contributed by atoms with van der Waals surface area (Å²) < 4.78 is 0. The van der Waals surface area contributed by atoms with Crippen molar-refractivity contribution in [2.75, 3.05) is 0 Å². The summed E-state index contributed by atoms with van der Waals surface area (Å²) in [5, 5.41) is 11.7. The molecule has 0 aliphatic carbocycles. The van der Waals surface area contributed by atoms with Gasteiger partial charge in [0.1, 0.15) is 5.60 Å².